The number of carbonyl (C=O) groups is 1. The number of anilines is 1. The Morgan fingerprint density at radius 1 is 1.13 bits per heavy atom. The molecule has 0 aliphatic rings. The Morgan fingerprint density at radius 3 is 2.52 bits per heavy atom. The summed E-state index contributed by atoms with van der Waals surface area (Å²) in [7, 11) is 0. The molecule has 1 amide bonds. The molecule has 0 fully saturated rings. The van der Waals surface area contributed by atoms with Crippen molar-refractivity contribution in [1.82, 2.24) is 5.32 Å². The van der Waals surface area contributed by atoms with E-state index >= 15 is 0 Å². The normalized spacial score (nSPS) is 10.1. The summed E-state index contributed by atoms with van der Waals surface area (Å²) >= 11 is 3.33. The van der Waals surface area contributed by atoms with Gasteiger partial charge in [0.2, 0.25) is 0 Å². The van der Waals surface area contributed by atoms with Gasteiger partial charge in [0, 0.05) is 40.9 Å². The van der Waals surface area contributed by atoms with Crippen LogP contribution < -0.4 is 10.6 Å². The molecular formula is C16H16BrN3O3. The predicted octanol–water partition coefficient (Wildman–Crippen LogP) is 3.59. The fourth-order valence-corrected chi connectivity index (χ4v) is 2.36. The molecule has 0 unspecified atom stereocenters. The highest BCUT2D eigenvalue weighted by Crippen LogP contribution is 2.15. The van der Waals surface area contributed by atoms with Gasteiger partial charge in [-0.05, 0) is 36.8 Å². The minimum atomic E-state index is -0.429. The first kappa shape index (κ1) is 17.0. The number of hydrogen-bond donors (Lipinski definition) is 2. The van der Waals surface area contributed by atoms with E-state index in [0.29, 0.717) is 18.7 Å². The molecule has 0 spiro atoms. The Balaban J connectivity index is 1.69. The first-order valence-electron chi connectivity index (χ1n) is 7.08. The number of nitrogens with zero attached hydrogens (tertiary/aromatic N) is 1. The summed E-state index contributed by atoms with van der Waals surface area (Å²) in [5.41, 5.74) is 1.49. The average molecular weight is 378 g/mol. The van der Waals surface area contributed by atoms with E-state index in [1.807, 2.05) is 12.1 Å². The third-order valence-electron chi connectivity index (χ3n) is 3.13. The summed E-state index contributed by atoms with van der Waals surface area (Å²) in [5, 5.41) is 16.6. The lowest BCUT2D eigenvalue weighted by Gasteiger charge is -2.08. The van der Waals surface area contributed by atoms with Gasteiger partial charge in [0.1, 0.15) is 0 Å². The molecule has 6 nitrogen and oxygen atoms in total. The molecule has 0 bridgehead atoms. The van der Waals surface area contributed by atoms with E-state index in [4.69, 9.17) is 0 Å². The maximum Gasteiger partial charge on any atom is 0.269 e. The molecule has 23 heavy (non-hydrogen) atoms. The quantitative estimate of drug-likeness (QED) is 0.438. The van der Waals surface area contributed by atoms with Gasteiger partial charge in [-0.2, -0.15) is 0 Å². The van der Waals surface area contributed by atoms with Crippen molar-refractivity contribution in [2.75, 3.05) is 18.4 Å². The first-order chi connectivity index (χ1) is 11.1. The van der Waals surface area contributed by atoms with E-state index in [9.17, 15) is 14.9 Å². The number of nitro groups is 1. The fraction of sp³-hybridized carbons (Fsp3) is 0.188. The van der Waals surface area contributed by atoms with E-state index in [-0.39, 0.29) is 11.6 Å². The molecule has 7 heteroatoms. The largest absolute Gasteiger partial charge is 0.385 e. The van der Waals surface area contributed by atoms with Gasteiger partial charge in [0.15, 0.2) is 0 Å². The molecule has 0 atom stereocenters. The summed E-state index contributed by atoms with van der Waals surface area (Å²) in [6, 6.07) is 13.4. The Labute approximate surface area is 142 Å². The van der Waals surface area contributed by atoms with Gasteiger partial charge in [-0.25, -0.2) is 0 Å². The molecule has 0 saturated heterocycles. The maximum absolute atomic E-state index is 11.9. The van der Waals surface area contributed by atoms with Crippen molar-refractivity contribution < 1.29 is 9.72 Å². The number of hydrogen-bond acceptors (Lipinski definition) is 4. The van der Waals surface area contributed by atoms with Crippen LogP contribution in [0.2, 0.25) is 0 Å². The zero-order valence-corrected chi connectivity index (χ0v) is 13.9. The van der Waals surface area contributed by atoms with Gasteiger partial charge in [0.25, 0.3) is 11.6 Å². The van der Waals surface area contributed by atoms with Crippen LogP contribution in [0.5, 0.6) is 0 Å². The van der Waals surface area contributed by atoms with Crippen molar-refractivity contribution in [2.45, 2.75) is 6.42 Å². The van der Waals surface area contributed by atoms with E-state index in [1.54, 1.807) is 24.3 Å². The molecule has 2 rings (SSSR count). The number of non-ortho nitro benzene ring substituents is 1. The molecule has 2 aromatic rings. The van der Waals surface area contributed by atoms with Crippen molar-refractivity contribution in [3.63, 3.8) is 0 Å². The van der Waals surface area contributed by atoms with Crippen LogP contribution in [0.1, 0.15) is 16.8 Å². The molecule has 0 aliphatic carbocycles. The lowest BCUT2D eigenvalue weighted by Crippen LogP contribution is -2.25. The Morgan fingerprint density at radius 2 is 1.87 bits per heavy atom. The van der Waals surface area contributed by atoms with Gasteiger partial charge in [-0.1, -0.05) is 22.0 Å². The van der Waals surface area contributed by atoms with Crippen LogP contribution in [0, 0.1) is 10.1 Å². The summed E-state index contributed by atoms with van der Waals surface area (Å²) in [4.78, 5) is 22.0. The number of rotatable bonds is 7. The van der Waals surface area contributed by atoms with Gasteiger partial charge < -0.3 is 10.6 Å². The SMILES string of the molecule is O=C(NCCCNc1ccc([N+](=O)[O-])cc1)c1cccc(Br)c1. The molecular weight excluding hydrogens is 362 g/mol. The number of nitro benzene ring substituents is 1. The zero-order chi connectivity index (χ0) is 16.7. The van der Waals surface area contributed by atoms with Crippen LogP contribution in [0.25, 0.3) is 0 Å². The first-order valence-corrected chi connectivity index (χ1v) is 7.87. The molecule has 0 radical (unpaired) electrons. The van der Waals surface area contributed by atoms with Crippen molar-refractivity contribution in [3.05, 3.63) is 68.7 Å². The van der Waals surface area contributed by atoms with E-state index < -0.39 is 4.92 Å². The number of benzene rings is 2. The molecule has 2 N–H and O–H groups in total. The van der Waals surface area contributed by atoms with Gasteiger partial charge in [-0.15, -0.1) is 0 Å². The third-order valence-corrected chi connectivity index (χ3v) is 3.63. The fourth-order valence-electron chi connectivity index (χ4n) is 1.96. The molecule has 0 aliphatic heterocycles. The van der Waals surface area contributed by atoms with Gasteiger partial charge >= 0.3 is 0 Å². The lowest BCUT2D eigenvalue weighted by molar-refractivity contribution is -0.384. The maximum atomic E-state index is 11.9. The van der Waals surface area contributed by atoms with Crippen LogP contribution in [0.4, 0.5) is 11.4 Å². The summed E-state index contributed by atoms with van der Waals surface area (Å²) in [6.07, 6.45) is 0.747. The molecule has 2 aromatic carbocycles. The summed E-state index contributed by atoms with van der Waals surface area (Å²) in [6.45, 7) is 1.21. The standard InChI is InChI=1S/C16H16BrN3O3/c17-13-4-1-3-12(11-13)16(21)19-10-2-9-18-14-5-7-15(8-6-14)20(22)23/h1,3-8,11,18H,2,9-10H2,(H,19,21). The van der Waals surface area contributed by atoms with Crippen LogP contribution in [-0.2, 0) is 0 Å². The number of nitrogens with one attached hydrogen (secondary N) is 2. The Kier molecular flexibility index (Phi) is 6.10. The molecule has 0 saturated carbocycles. The number of amides is 1. The average Bonchev–Trinajstić information content (AvgIpc) is 2.54. The predicted molar refractivity (Wildman–Crippen MR) is 92.7 cm³/mol. The minimum Gasteiger partial charge on any atom is -0.385 e. The highest BCUT2D eigenvalue weighted by atomic mass is 79.9. The Bertz CT molecular complexity index is 689. The van der Waals surface area contributed by atoms with Crippen LogP contribution in [-0.4, -0.2) is 23.9 Å². The van der Waals surface area contributed by atoms with Crippen molar-refractivity contribution in [1.29, 1.82) is 0 Å². The van der Waals surface area contributed by atoms with E-state index in [0.717, 1.165) is 16.6 Å². The summed E-state index contributed by atoms with van der Waals surface area (Å²) < 4.78 is 0.866. The zero-order valence-electron chi connectivity index (χ0n) is 12.3. The smallest absolute Gasteiger partial charge is 0.269 e. The van der Waals surface area contributed by atoms with Gasteiger partial charge in [-0.3, -0.25) is 14.9 Å². The van der Waals surface area contributed by atoms with Gasteiger partial charge in [0.05, 0.1) is 4.92 Å². The third kappa shape index (κ3) is 5.37. The minimum absolute atomic E-state index is 0.0665. The monoisotopic (exact) mass is 377 g/mol. The lowest BCUT2D eigenvalue weighted by atomic mass is 10.2. The van der Waals surface area contributed by atoms with Crippen molar-refractivity contribution in [3.8, 4) is 0 Å². The number of halogens is 1. The number of carbonyl (C=O) groups excluding carboxylic acids is 1. The topological polar surface area (TPSA) is 84.3 Å². The van der Waals surface area contributed by atoms with Crippen molar-refractivity contribution >= 4 is 33.2 Å². The van der Waals surface area contributed by atoms with E-state index in [1.165, 1.54) is 12.1 Å². The van der Waals surface area contributed by atoms with E-state index in [2.05, 4.69) is 26.6 Å². The second-order valence-corrected chi connectivity index (χ2v) is 5.77. The molecule has 120 valence electrons. The Hall–Kier alpha value is -2.41. The van der Waals surface area contributed by atoms with Crippen LogP contribution in [0.15, 0.2) is 53.0 Å². The molecule has 0 heterocycles. The second-order valence-electron chi connectivity index (χ2n) is 4.85. The summed E-state index contributed by atoms with van der Waals surface area (Å²) in [5.74, 6) is -0.110. The highest BCUT2D eigenvalue weighted by molar-refractivity contribution is 9.10. The van der Waals surface area contributed by atoms with Crippen molar-refractivity contribution in [2.24, 2.45) is 0 Å². The van der Waals surface area contributed by atoms with Crippen LogP contribution in [0.3, 0.4) is 0 Å². The second kappa shape index (κ2) is 8.28. The van der Waals surface area contributed by atoms with Crippen LogP contribution >= 0.6 is 15.9 Å². The highest BCUT2D eigenvalue weighted by Gasteiger charge is 2.05. The molecule has 0 aromatic heterocycles.